The van der Waals surface area contributed by atoms with E-state index in [9.17, 15) is 22.8 Å². The smallest absolute Gasteiger partial charge is 0.324 e. The van der Waals surface area contributed by atoms with Crippen LogP contribution in [0.2, 0.25) is 5.02 Å². The normalized spacial score (nSPS) is 11.2. The van der Waals surface area contributed by atoms with Gasteiger partial charge in [-0.3, -0.25) is 9.59 Å². The van der Waals surface area contributed by atoms with Crippen LogP contribution in [0.3, 0.4) is 0 Å². The van der Waals surface area contributed by atoms with Crippen molar-refractivity contribution in [3.8, 4) is 0 Å². The fourth-order valence-electron chi connectivity index (χ4n) is 2.31. The summed E-state index contributed by atoms with van der Waals surface area (Å²) >= 11 is 5.96. The van der Waals surface area contributed by atoms with Crippen molar-refractivity contribution in [2.45, 2.75) is 20.0 Å². The molecule has 0 atom stereocenters. The number of benzene rings is 2. The number of halogens is 4. The number of para-hydroxylation sites is 1. The van der Waals surface area contributed by atoms with E-state index in [1.165, 1.54) is 0 Å². The van der Waals surface area contributed by atoms with Gasteiger partial charge in [0.1, 0.15) is 6.54 Å². The van der Waals surface area contributed by atoms with Crippen LogP contribution >= 0.6 is 11.6 Å². The average molecular weight is 385 g/mol. The molecule has 8 heteroatoms. The Morgan fingerprint density at radius 1 is 1.15 bits per heavy atom. The van der Waals surface area contributed by atoms with Crippen LogP contribution in [0.4, 0.5) is 24.5 Å². The van der Waals surface area contributed by atoms with Gasteiger partial charge >= 0.3 is 6.18 Å². The van der Waals surface area contributed by atoms with Gasteiger partial charge in [-0.05, 0) is 36.8 Å². The molecule has 0 fully saturated rings. The number of alkyl halides is 3. The molecule has 0 bridgehead atoms. The van der Waals surface area contributed by atoms with Crippen molar-refractivity contribution >= 4 is 34.8 Å². The highest BCUT2D eigenvalue weighted by molar-refractivity contribution is 6.34. The number of hydrogen-bond donors (Lipinski definition) is 1. The quantitative estimate of drug-likeness (QED) is 0.833. The molecule has 0 heterocycles. The molecule has 138 valence electrons. The number of anilines is 2. The first kappa shape index (κ1) is 19.8. The van der Waals surface area contributed by atoms with E-state index < -0.39 is 30.1 Å². The molecular formula is C18H16ClF3N2O2. The Morgan fingerprint density at radius 2 is 1.81 bits per heavy atom. The molecule has 0 aliphatic carbocycles. The van der Waals surface area contributed by atoms with E-state index in [1.807, 2.05) is 0 Å². The van der Waals surface area contributed by atoms with E-state index in [4.69, 9.17) is 11.6 Å². The molecule has 0 radical (unpaired) electrons. The molecule has 0 spiro atoms. The third kappa shape index (κ3) is 4.76. The molecule has 0 saturated heterocycles. The van der Waals surface area contributed by atoms with Crippen molar-refractivity contribution in [3.63, 3.8) is 0 Å². The molecule has 2 rings (SSSR count). The average Bonchev–Trinajstić information content (AvgIpc) is 2.54. The molecule has 4 nitrogen and oxygen atoms in total. The number of nitrogens with zero attached hydrogens (tertiary/aromatic N) is 1. The monoisotopic (exact) mass is 384 g/mol. The molecule has 0 unspecified atom stereocenters. The third-order valence-corrected chi connectivity index (χ3v) is 3.98. The Balaban J connectivity index is 2.28. The van der Waals surface area contributed by atoms with Crippen LogP contribution in [0.25, 0.3) is 0 Å². The summed E-state index contributed by atoms with van der Waals surface area (Å²) in [5.74, 6) is -1.16. The van der Waals surface area contributed by atoms with Crippen LogP contribution in [0.1, 0.15) is 18.1 Å². The van der Waals surface area contributed by atoms with Crippen LogP contribution in [-0.2, 0) is 15.8 Å². The van der Waals surface area contributed by atoms with Crippen LogP contribution in [0.5, 0.6) is 0 Å². The summed E-state index contributed by atoms with van der Waals surface area (Å²) in [6, 6.07) is 9.63. The first-order valence-corrected chi connectivity index (χ1v) is 7.97. The molecule has 0 aromatic heterocycles. The van der Waals surface area contributed by atoms with E-state index >= 15 is 0 Å². The van der Waals surface area contributed by atoms with Crippen LogP contribution in [0.15, 0.2) is 42.5 Å². The lowest BCUT2D eigenvalue weighted by molar-refractivity contribution is -0.137. The zero-order chi connectivity index (χ0) is 19.5. The number of amides is 2. The van der Waals surface area contributed by atoms with Gasteiger partial charge < -0.3 is 10.2 Å². The summed E-state index contributed by atoms with van der Waals surface area (Å²) in [7, 11) is 0. The second kappa shape index (κ2) is 7.78. The van der Waals surface area contributed by atoms with E-state index in [0.29, 0.717) is 5.69 Å². The lowest BCUT2D eigenvalue weighted by Crippen LogP contribution is -2.37. The van der Waals surface area contributed by atoms with Gasteiger partial charge in [-0.15, -0.1) is 0 Å². The predicted octanol–water partition coefficient (Wildman–Crippen LogP) is 4.66. The highest BCUT2D eigenvalue weighted by Gasteiger charge is 2.32. The lowest BCUT2D eigenvalue weighted by atomic mass is 10.1. The Bertz CT molecular complexity index is 837. The molecular weight excluding hydrogens is 369 g/mol. The minimum absolute atomic E-state index is 0.0584. The van der Waals surface area contributed by atoms with Crippen molar-refractivity contribution in [1.29, 1.82) is 0 Å². The summed E-state index contributed by atoms with van der Waals surface area (Å²) in [6.07, 6.45) is -4.59. The van der Waals surface area contributed by atoms with E-state index in [1.54, 1.807) is 31.2 Å². The maximum absolute atomic E-state index is 12.9. The number of hydrogen-bond acceptors (Lipinski definition) is 2. The summed E-state index contributed by atoms with van der Waals surface area (Å²) in [5.41, 5.74) is 0.236. The number of carbonyl (C=O) groups is 2. The second-order valence-corrected chi connectivity index (χ2v) is 6.04. The summed E-state index contributed by atoms with van der Waals surface area (Å²) in [4.78, 5) is 25.1. The van der Waals surface area contributed by atoms with Crippen LogP contribution in [0, 0.1) is 6.92 Å². The van der Waals surface area contributed by atoms with E-state index in [0.717, 1.165) is 35.6 Å². The number of nitrogens with one attached hydrogen (secondary N) is 1. The molecule has 0 aliphatic heterocycles. The number of rotatable bonds is 4. The molecule has 26 heavy (non-hydrogen) atoms. The summed E-state index contributed by atoms with van der Waals surface area (Å²) in [6.45, 7) is 2.48. The van der Waals surface area contributed by atoms with Crippen molar-refractivity contribution in [2.24, 2.45) is 0 Å². The van der Waals surface area contributed by atoms with Gasteiger partial charge in [-0.2, -0.15) is 13.2 Å². The third-order valence-electron chi connectivity index (χ3n) is 3.67. The fourth-order valence-corrected chi connectivity index (χ4v) is 2.53. The van der Waals surface area contributed by atoms with Gasteiger partial charge in [0.25, 0.3) is 0 Å². The van der Waals surface area contributed by atoms with Crippen molar-refractivity contribution in [3.05, 3.63) is 58.6 Å². The zero-order valence-corrected chi connectivity index (χ0v) is 14.8. The van der Waals surface area contributed by atoms with Gasteiger partial charge in [-0.1, -0.05) is 29.8 Å². The Kier molecular flexibility index (Phi) is 5.92. The van der Waals surface area contributed by atoms with Crippen LogP contribution < -0.4 is 10.2 Å². The van der Waals surface area contributed by atoms with E-state index in [2.05, 4.69) is 5.32 Å². The van der Waals surface area contributed by atoms with Gasteiger partial charge in [-0.25, -0.2) is 0 Å². The van der Waals surface area contributed by atoms with Crippen molar-refractivity contribution < 1.29 is 22.8 Å². The minimum atomic E-state index is -4.59. The predicted molar refractivity (Wildman–Crippen MR) is 94.3 cm³/mol. The minimum Gasteiger partial charge on any atom is -0.324 e. The Morgan fingerprint density at radius 3 is 2.38 bits per heavy atom. The lowest BCUT2D eigenvalue weighted by Gasteiger charge is -2.23. The largest absolute Gasteiger partial charge is 0.416 e. The molecule has 2 aromatic rings. The van der Waals surface area contributed by atoms with E-state index in [-0.39, 0.29) is 10.7 Å². The Hall–Kier alpha value is -2.54. The molecule has 2 amide bonds. The maximum Gasteiger partial charge on any atom is 0.416 e. The second-order valence-electron chi connectivity index (χ2n) is 5.63. The summed E-state index contributed by atoms with van der Waals surface area (Å²) < 4.78 is 38.8. The highest BCUT2D eigenvalue weighted by Crippen LogP contribution is 2.35. The number of aryl methyl sites for hydroxylation is 1. The first-order chi connectivity index (χ1) is 12.1. The van der Waals surface area contributed by atoms with Crippen molar-refractivity contribution in [1.82, 2.24) is 0 Å². The standard InChI is InChI=1S/C18H16ClF3N2O2/c1-11-5-3-4-6-15(11)23-17(26)10-24(12(2)25)16-9-13(18(20,21)22)7-8-14(16)19/h3-9H,10H2,1-2H3,(H,23,26). The molecule has 0 aliphatic rings. The molecule has 0 saturated carbocycles. The highest BCUT2D eigenvalue weighted by atomic mass is 35.5. The van der Waals surface area contributed by atoms with Gasteiger partial charge in [0, 0.05) is 12.6 Å². The molecule has 1 N–H and O–H groups in total. The Labute approximate surface area is 153 Å². The van der Waals surface area contributed by atoms with Crippen molar-refractivity contribution in [2.75, 3.05) is 16.8 Å². The van der Waals surface area contributed by atoms with Crippen LogP contribution in [-0.4, -0.2) is 18.4 Å². The van der Waals surface area contributed by atoms with Gasteiger partial charge in [0.15, 0.2) is 0 Å². The fraction of sp³-hybridized carbons (Fsp3) is 0.222. The van der Waals surface area contributed by atoms with Gasteiger partial charge in [0.05, 0.1) is 16.3 Å². The topological polar surface area (TPSA) is 49.4 Å². The SMILES string of the molecule is CC(=O)N(CC(=O)Nc1ccccc1C)c1cc(C(F)(F)F)ccc1Cl. The number of carbonyl (C=O) groups excluding carboxylic acids is 2. The first-order valence-electron chi connectivity index (χ1n) is 7.60. The van der Waals surface area contributed by atoms with Gasteiger partial charge in [0.2, 0.25) is 11.8 Å². The maximum atomic E-state index is 12.9. The summed E-state index contributed by atoms with van der Waals surface area (Å²) in [5, 5.41) is 2.57. The zero-order valence-electron chi connectivity index (χ0n) is 14.0. The molecule has 2 aromatic carbocycles.